The van der Waals surface area contributed by atoms with E-state index in [1.54, 1.807) is 0 Å². The first kappa shape index (κ1) is 19.8. The maximum Gasteiger partial charge on any atom is 0.338 e. The van der Waals surface area contributed by atoms with Crippen molar-refractivity contribution in [1.29, 1.82) is 0 Å². The Bertz CT molecular complexity index is 879. The Kier molecular flexibility index (Phi) is 6.61. The van der Waals surface area contributed by atoms with Crippen molar-refractivity contribution in [3.63, 3.8) is 0 Å². The summed E-state index contributed by atoms with van der Waals surface area (Å²) < 4.78 is 5.44. The van der Waals surface area contributed by atoms with Gasteiger partial charge in [-0.05, 0) is 28.9 Å². The molecule has 3 rings (SSSR count). The van der Waals surface area contributed by atoms with Gasteiger partial charge in [0.2, 0.25) is 0 Å². The molecule has 0 bridgehead atoms. The molecular formula is C25H26O2Si. The standard InChI is InChI=1S/C25H26O2Si/c1-3-27-25(26)24(21-14-8-5-9-15-21)20-28(4-2,22-16-10-6-11-17-22)23-18-12-7-13-19-23/h5-20H,3-4H2,1-2H3/b24-20+. The van der Waals surface area contributed by atoms with Crippen molar-refractivity contribution in [3.05, 3.63) is 102 Å². The smallest absolute Gasteiger partial charge is 0.338 e. The number of ether oxygens (including phenoxy) is 1. The molecule has 0 unspecified atom stereocenters. The summed E-state index contributed by atoms with van der Waals surface area (Å²) in [6.07, 6.45) is 0. The zero-order valence-corrected chi connectivity index (χ0v) is 17.5. The van der Waals surface area contributed by atoms with Gasteiger partial charge in [0.15, 0.2) is 0 Å². The molecule has 3 heteroatoms. The van der Waals surface area contributed by atoms with Crippen LogP contribution in [-0.4, -0.2) is 20.7 Å². The Morgan fingerprint density at radius 2 is 1.25 bits per heavy atom. The molecule has 2 nitrogen and oxygen atoms in total. The van der Waals surface area contributed by atoms with Crippen molar-refractivity contribution in [3.8, 4) is 0 Å². The van der Waals surface area contributed by atoms with Crippen molar-refractivity contribution in [2.45, 2.75) is 19.9 Å². The monoisotopic (exact) mass is 386 g/mol. The molecule has 0 aliphatic carbocycles. The molecule has 0 N–H and O–H groups in total. The molecule has 0 aliphatic rings. The number of esters is 1. The Hall–Kier alpha value is -2.91. The number of rotatable bonds is 7. The van der Waals surface area contributed by atoms with E-state index in [2.05, 4.69) is 61.2 Å². The predicted molar refractivity (Wildman–Crippen MR) is 119 cm³/mol. The Balaban J connectivity index is 2.27. The average Bonchev–Trinajstić information content (AvgIpc) is 2.77. The topological polar surface area (TPSA) is 26.3 Å². The van der Waals surface area contributed by atoms with Gasteiger partial charge in [-0.3, -0.25) is 0 Å². The molecule has 28 heavy (non-hydrogen) atoms. The molecular weight excluding hydrogens is 360 g/mol. The van der Waals surface area contributed by atoms with Crippen LogP contribution in [0.15, 0.2) is 96.7 Å². The van der Waals surface area contributed by atoms with Gasteiger partial charge in [-0.15, -0.1) is 0 Å². The Morgan fingerprint density at radius 3 is 1.68 bits per heavy atom. The van der Waals surface area contributed by atoms with Gasteiger partial charge >= 0.3 is 5.97 Å². The van der Waals surface area contributed by atoms with E-state index in [1.165, 1.54) is 10.4 Å². The molecule has 0 aromatic heterocycles. The highest BCUT2D eigenvalue weighted by molar-refractivity contribution is 7.06. The van der Waals surface area contributed by atoms with Crippen LogP contribution in [0, 0.1) is 0 Å². The van der Waals surface area contributed by atoms with Crippen LogP contribution in [0.2, 0.25) is 6.04 Å². The van der Waals surface area contributed by atoms with E-state index in [1.807, 2.05) is 49.4 Å². The van der Waals surface area contributed by atoms with Crippen molar-refractivity contribution in [2.24, 2.45) is 0 Å². The van der Waals surface area contributed by atoms with Crippen molar-refractivity contribution in [1.82, 2.24) is 0 Å². The third kappa shape index (κ3) is 4.15. The summed E-state index contributed by atoms with van der Waals surface area (Å²) >= 11 is 0. The lowest BCUT2D eigenvalue weighted by atomic mass is 10.1. The van der Waals surface area contributed by atoms with Gasteiger partial charge in [-0.25, -0.2) is 4.79 Å². The van der Waals surface area contributed by atoms with Crippen LogP contribution in [0.3, 0.4) is 0 Å². The van der Waals surface area contributed by atoms with Crippen LogP contribution < -0.4 is 10.4 Å². The van der Waals surface area contributed by atoms with Crippen molar-refractivity contribution < 1.29 is 9.53 Å². The third-order valence-corrected chi connectivity index (χ3v) is 9.73. The van der Waals surface area contributed by atoms with Crippen molar-refractivity contribution >= 4 is 30.0 Å². The van der Waals surface area contributed by atoms with E-state index in [0.717, 1.165) is 11.6 Å². The molecule has 0 atom stereocenters. The number of carbonyl (C=O) groups excluding carboxylic acids is 1. The fourth-order valence-corrected chi connectivity index (χ4v) is 7.69. The number of hydrogen-bond acceptors (Lipinski definition) is 2. The van der Waals surface area contributed by atoms with Crippen LogP contribution in [0.25, 0.3) is 5.57 Å². The minimum Gasteiger partial charge on any atom is -0.462 e. The number of hydrogen-bond donors (Lipinski definition) is 0. The normalized spacial score (nSPS) is 11.9. The van der Waals surface area contributed by atoms with E-state index in [-0.39, 0.29) is 5.97 Å². The fourth-order valence-electron chi connectivity index (χ4n) is 3.65. The highest BCUT2D eigenvalue weighted by Gasteiger charge is 2.35. The van der Waals surface area contributed by atoms with Crippen LogP contribution in [0.5, 0.6) is 0 Å². The first-order valence-corrected chi connectivity index (χ1v) is 12.1. The lowest BCUT2D eigenvalue weighted by molar-refractivity contribution is -0.136. The number of carbonyl (C=O) groups is 1. The molecule has 3 aromatic rings. The molecule has 0 amide bonds. The number of benzene rings is 3. The second-order valence-corrected chi connectivity index (χ2v) is 10.8. The van der Waals surface area contributed by atoms with Gasteiger partial charge in [0.05, 0.1) is 12.2 Å². The summed E-state index contributed by atoms with van der Waals surface area (Å²) in [6.45, 7) is 4.43. The molecule has 0 radical (unpaired) electrons. The van der Waals surface area contributed by atoms with E-state index in [9.17, 15) is 4.79 Å². The van der Waals surface area contributed by atoms with Crippen LogP contribution >= 0.6 is 0 Å². The van der Waals surface area contributed by atoms with E-state index >= 15 is 0 Å². The zero-order chi connectivity index (χ0) is 19.8. The highest BCUT2D eigenvalue weighted by atomic mass is 28.3. The first-order valence-electron chi connectivity index (χ1n) is 9.77. The zero-order valence-electron chi connectivity index (χ0n) is 16.5. The van der Waals surface area contributed by atoms with Crippen LogP contribution in [0.4, 0.5) is 0 Å². The average molecular weight is 387 g/mol. The summed E-state index contributed by atoms with van der Waals surface area (Å²) in [5.41, 5.74) is 3.78. The molecule has 0 saturated heterocycles. The third-order valence-electron chi connectivity index (χ3n) is 5.11. The summed E-state index contributed by atoms with van der Waals surface area (Å²) in [7, 11) is -2.32. The van der Waals surface area contributed by atoms with Crippen LogP contribution in [0.1, 0.15) is 19.4 Å². The van der Waals surface area contributed by atoms with E-state index in [4.69, 9.17) is 4.74 Å². The van der Waals surface area contributed by atoms with Gasteiger partial charge in [0, 0.05) is 0 Å². The first-order chi connectivity index (χ1) is 13.7. The van der Waals surface area contributed by atoms with Gasteiger partial charge in [-0.2, -0.15) is 0 Å². The van der Waals surface area contributed by atoms with Gasteiger partial charge in [0.25, 0.3) is 0 Å². The Morgan fingerprint density at radius 1 is 0.786 bits per heavy atom. The highest BCUT2D eigenvalue weighted by Crippen LogP contribution is 2.22. The SMILES string of the molecule is CCOC(=O)/C(=C/[Si](CC)(c1ccccc1)c1ccccc1)c1ccccc1. The van der Waals surface area contributed by atoms with E-state index in [0.29, 0.717) is 12.2 Å². The minimum atomic E-state index is -2.32. The molecule has 0 heterocycles. The minimum absolute atomic E-state index is 0.258. The maximum absolute atomic E-state index is 12.9. The maximum atomic E-state index is 12.9. The van der Waals surface area contributed by atoms with Gasteiger partial charge in [-0.1, -0.05) is 104 Å². The molecule has 0 aliphatic heterocycles. The summed E-state index contributed by atoms with van der Waals surface area (Å²) in [5, 5.41) is 2.59. The van der Waals surface area contributed by atoms with Crippen LogP contribution in [-0.2, 0) is 9.53 Å². The molecule has 0 saturated carbocycles. The quantitative estimate of drug-likeness (QED) is 0.341. The second kappa shape index (κ2) is 9.33. The van der Waals surface area contributed by atoms with E-state index < -0.39 is 8.07 Å². The van der Waals surface area contributed by atoms with Crippen molar-refractivity contribution in [2.75, 3.05) is 6.61 Å². The lowest BCUT2D eigenvalue weighted by Crippen LogP contribution is -2.56. The lowest BCUT2D eigenvalue weighted by Gasteiger charge is -2.30. The fraction of sp³-hybridized carbons (Fsp3) is 0.160. The summed E-state index contributed by atoms with van der Waals surface area (Å²) in [5.74, 6) is -0.258. The van der Waals surface area contributed by atoms with Gasteiger partial charge in [0.1, 0.15) is 8.07 Å². The molecule has 0 spiro atoms. The summed E-state index contributed by atoms with van der Waals surface area (Å²) in [6, 6.07) is 31.9. The molecule has 0 fully saturated rings. The second-order valence-electron chi connectivity index (χ2n) is 6.70. The molecule has 3 aromatic carbocycles. The summed E-state index contributed by atoms with van der Waals surface area (Å²) in [4.78, 5) is 12.9. The predicted octanol–water partition coefficient (Wildman–Crippen LogP) is 4.46. The molecule has 142 valence electrons. The van der Waals surface area contributed by atoms with Gasteiger partial charge < -0.3 is 4.74 Å². The Labute approximate surface area is 168 Å². The largest absolute Gasteiger partial charge is 0.462 e.